The van der Waals surface area contributed by atoms with E-state index < -0.39 is 0 Å². The van der Waals surface area contributed by atoms with Gasteiger partial charge in [0.15, 0.2) is 6.61 Å². The molecule has 0 spiro atoms. The number of likely N-dealkylation sites (N-methyl/N-ethyl adjacent to an activating group) is 1. The standard InChI is InChI=1S/C18H18FN3O2S/c1-11-12(2)25-18-16(11)17(20-10-21-18)24-9-15(23)22(3)8-13-5-4-6-14(19)7-13/h4-7,10H,8-9H2,1-3H3. The van der Waals surface area contributed by atoms with Crippen molar-refractivity contribution in [3.05, 3.63) is 52.4 Å². The topological polar surface area (TPSA) is 55.3 Å². The number of hydrogen-bond acceptors (Lipinski definition) is 5. The number of nitrogens with zero attached hydrogens (tertiary/aromatic N) is 3. The lowest BCUT2D eigenvalue weighted by molar-refractivity contribution is -0.132. The van der Waals surface area contributed by atoms with E-state index in [1.54, 1.807) is 30.5 Å². The van der Waals surface area contributed by atoms with Crippen molar-refractivity contribution in [1.29, 1.82) is 0 Å². The molecule has 25 heavy (non-hydrogen) atoms. The van der Waals surface area contributed by atoms with Gasteiger partial charge in [0.25, 0.3) is 5.91 Å². The molecule has 0 bridgehead atoms. The quantitative estimate of drug-likeness (QED) is 0.700. The normalized spacial score (nSPS) is 10.9. The average molecular weight is 359 g/mol. The van der Waals surface area contributed by atoms with Crippen molar-refractivity contribution in [3.63, 3.8) is 0 Å². The maximum absolute atomic E-state index is 13.2. The number of benzene rings is 1. The summed E-state index contributed by atoms with van der Waals surface area (Å²) >= 11 is 1.57. The third-order valence-corrected chi connectivity index (χ3v) is 5.11. The molecular formula is C18H18FN3O2S. The van der Waals surface area contributed by atoms with E-state index in [9.17, 15) is 9.18 Å². The van der Waals surface area contributed by atoms with Crippen molar-refractivity contribution in [2.24, 2.45) is 0 Å². The molecule has 0 unspecified atom stereocenters. The van der Waals surface area contributed by atoms with Crippen LogP contribution in [-0.2, 0) is 11.3 Å². The molecule has 0 aliphatic rings. The minimum absolute atomic E-state index is 0.133. The van der Waals surface area contributed by atoms with Gasteiger partial charge in [-0.1, -0.05) is 12.1 Å². The van der Waals surface area contributed by atoms with Gasteiger partial charge < -0.3 is 9.64 Å². The van der Waals surface area contributed by atoms with Gasteiger partial charge in [-0.15, -0.1) is 11.3 Å². The molecule has 0 saturated carbocycles. The second kappa shape index (κ2) is 7.14. The number of rotatable bonds is 5. The lowest BCUT2D eigenvalue weighted by Crippen LogP contribution is -2.31. The molecule has 0 aliphatic carbocycles. The Labute approximate surface area is 149 Å². The Morgan fingerprint density at radius 2 is 2.12 bits per heavy atom. The zero-order valence-corrected chi connectivity index (χ0v) is 15.1. The van der Waals surface area contributed by atoms with E-state index in [1.165, 1.54) is 23.4 Å². The highest BCUT2D eigenvalue weighted by molar-refractivity contribution is 7.18. The highest BCUT2D eigenvalue weighted by atomic mass is 32.1. The summed E-state index contributed by atoms with van der Waals surface area (Å²) in [6.07, 6.45) is 1.44. The first kappa shape index (κ1) is 17.3. The van der Waals surface area contributed by atoms with Crippen molar-refractivity contribution in [1.82, 2.24) is 14.9 Å². The van der Waals surface area contributed by atoms with Crippen LogP contribution in [0.1, 0.15) is 16.0 Å². The fourth-order valence-corrected chi connectivity index (χ4v) is 3.48. The third-order valence-electron chi connectivity index (χ3n) is 4.00. The SMILES string of the molecule is Cc1sc2ncnc(OCC(=O)N(C)Cc3cccc(F)c3)c2c1C. The summed E-state index contributed by atoms with van der Waals surface area (Å²) in [5.74, 6) is -0.110. The fraction of sp³-hybridized carbons (Fsp3) is 0.278. The van der Waals surface area contributed by atoms with E-state index in [0.29, 0.717) is 12.4 Å². The number of amides is 1. The summed E-state index contributed by atoms with van der Waals surface area (Å²) < 4.78 is 18.9. The van der Waals surface area contributed by atoms with Crippen LogP contribution in [0, 0.1) is 19.7 Å². The number of carbonyl (C=O) groups excluding carboxylic acids is 1. The lowest BCUT2D eigenvalue weighted by Gasteiger charge is -2.17. The van der Waals surface area contributed by atoms with Crippen LogP contribution in [0.4, 0.5) is 4.39 Å². The molecule has 5 nitrogen and oxygen atoms in total. The maximum Gasteiger partial charge on any atom is 0.260 e. The van der Waals surface area contributed by atoms with Crippen LogP contribution in [0.25, 0.3) is 10.2 Å². The summed E-state index contributed by atoms with van der Waals surface area (Å²) in [5.41, 5.74) is 1.79. The summed E-state index contributed by atoms with van der Waals surface area (Å²) in [7, 11) is 1.66. The number of ether oxygens (including phenoxy) is 1. The van der Waals surface area contributed by atoms with Gasteiger partial charge in [-0.05, 0) is 37.1 Å². The van der Waals surface area contributed by atoms with Crippen LogP contribution in [0.15, 0.2) is 30.6 Å². The van der Waals surface area contributed by atoms with E-state index in [0.717, 1.165) is 26.2 Å². The first-order valence-electron chi connectivity index (χ1n) is 7.77. The molecule has 3 aromatic rings. The molecule has 3 rings (SSSR count). The molecule has 1 aromatic carbocycles. The number of aromatic nitrogens is 2. The second-order valence-corrected chi connectivity index (χ2v) is 7.01. The van der Waals surface area contributed by atoms with Crippen LogP contribution in [0.5, 0.6) is 5.88 Å². The minimum atomic E-state index is -0.318. The van der Waals surface area contributed by atoms with E-state index in [2.05, 4.69) is 9.97 Å². The smallest absolute Gasteiger partial charge is 0.260 e. The van der Waals surface area contributed by atoms with Gasteiger partial charge in [0.2, 0.25) is 5.88 Å². The Balaban J connectivity index is 1.68. The highest BCUT2D eigenvalue weighted by Gasteiger charge is 2.16. The summed E-state index contributed by atoms with van der Waals surface area (Å²) in [4.78, 5) is 24.2. The highest BCUT2D eigenvalue weighted by Crippen LogP contribution is 2.33. The van der Waals surface area contributed by atoms with Crippen molar-refractivity contribution < 1.29 is 13.9 Å². The summed E-state index contributed by atoms with van der Waals surface area (Å²) in [6, 6.07) is 6.19. The van der Waals surface area contributed by atoms with Crippen LogP contribution >= 0.6 is 11.3 Å². The second-order valence-electron chi connectivity index (χ2n) is 5.81. The van der Waals surface area contributed by atoms with E-state index in [4.69, 9.17) is 4.74 Å². The molecule has 0 N–H and O–H groups in total. The first-order valence-corrected chi connectivity index (χ1v) is 8.59. The first-order chi connectivity index (χ1) is 12.0. The van der Waals surface area contributed by atoms with Gasteiger partial charge in [0, 0.05) is 18.5 Å². The zero-order valence-electron chi connectivity index (χ0n) is 14.2. The third kappa shape index (κ3) is 3.76. The van der Waals surface area contributed by atoms with Gasteiger partial charge in [0.1, 0.15) is 17.0 Å². The van der Waals surface area contributed by atoms with Crippen LogP contribution < -0.4 is 4.74 Å². The van der Waals surface area contributed by atoms with Crippen molar-refractivity contribution >= 4 is 27.5 Å². The Morgan fingerprint density at radius 1 is 1.32 bits per heavy atom. The van der Waals surface area contributed by atoms with Crippen molar-refractivity contribution in [2.45, 2.75) is 20.4 Å². The van der Waals surface area contributed by atoms with Crippen LogP contribution in [0.2, 0.25) is 0 Å². The minimum Gasteiger partial charge on any atom is -0.467 e. The van der Waals surface area contributed by atoms with E-state index in [-0.39, 0.29) is 18.3 Å². The number of carbonyl (C=O) groups is 1. The van der Waals surface area contributed by atoms with E-state index >= 15 is 0 Å². The van der Waals surface area contributed by atoms with Gasteiger partial charge in [-0.2, -0.15) is 0 Å². The predicted molar refractivity (Wildman–Crippen MR) is 95.3 cm³/mol. The molecular weight excluding hydrogens is 341 g/mol. The lowest BCUT2D eigenvalue weighted by atomic mass is 10.2. The molecule has 130 valence electrons. The van der Waals surface area contributed by atoms with Gasteiger partial charge >= 0.3 is 0 Å². The Morgan fingerprint density at radius 3 is 2.88 bits per heavy atom. The van der Waals surface area contributed by atoms with Crippen LogP contribution in [0.3, 0.4) is 0 Å². The molecule has 0 saturated heterocycles. The Hall–Kier alpha value is -2.54. The molecule has 0 fully saturated rings. The van der Waals surface area contributed by atoms with Crippen molar-refractivity contribution in [3.8, 4) is 5.88 Å². The Bertz CT molecular complexity index is 926. The average Bonchev–Trinajstić information content (AvgIpc) is 2.87. The van der Waals surface area contributed by atoms with Crippen LogP contribution in [-0.4, -0.2) is 34.4 Å². The molecule has 0 radical (unpaired) electrons. The zero-order chi connectivity index (χ0) is 18.0. The monoisotopic (exact) mass is 359 g/mol. The molecule has 2 aromatic heterocycles. The predicted octanol–water partition coefficient (Wildman–Crippen LogP) is 3.48. The van der Waals surface area contributed by atoms with Gasteiger partial charge in [-0.3, -0.25) is 4.79 Å². The van der Waals surface area contributed by atoms with Gasteiger partial charge in [-0.25, -0.2) is 14.4 Å². The number of aryl methyl sites for hydroxylation is 2. The molecule has 0 aliphatic heterocycles. The molecule has 7 heteroatoms. The number of hydrogen-bond donors (Lipinski definition) is 0. The fourth-order valence-electron chi connectivity index (χ4n) is 2.50. The summed E-state index contributed by atoms with van der Waals surface area (Å²) in [5, 5.41) is 0.852. The largest absolute Gasteiger partial charge is 0.467 e. The number of halogens is 1. The van der Waals surface area contributed by atoms with E-state index in [1.807, 2.05) is 13.8 Å². The molecule has 1 amide bonds. The molecule has 0 atom stereocenters. The number of thiophene rings is 1. The summed E-state index contributed by atoms with van der Waals surface area (Å²) in [6.45, 7) is 4.19. The Kier molecular flexibility index (Phi) is 4.94. The maximum atomic E-state index is 13.2. The van der Waals surface area contributed by atoms with Gasteiger partial charge in [0.05, 0.1) is 5.39 Å². The number of fused-ring (bicyclic) bond motifs is 1. The van der Waals surface area contributed by atoms with Crippen molar-refractivity contribution in [2.75, 3.05) is 13.7 Å². The molecule has 2 heterocycles.